The standard InChI is InChI=1S/C17H16Cl3NO2/c1-9-7-12(8-10(2)15(9)19)23-11(3)17(22)21-14-6-4-5-13(18)16(14)20/h4-8,11H,1-3H3,(H,21,22). The topological polar surface area (TPSA) is 38.3 Å². The van der Waals surface area contributed by atoms with E-state index >= 15 is 0 Å². The van der Waals surface area contributed by atoms with Crippen molar-refractivity contribution in [2.45, 2.75) is 26.9 Å². The van der Waals surface area contributed by atoms with Gasteiger partial charge >= 0.3 is 0 Å². The highest BCUT2D eigenvalue weighted by molar-refractivity contribution is 6.44. The van der Waals surface area contributed by atoms with Crippen LogP contribution in [0.5, 0.6) is 5.75 Å². The summed E-state index contributed by atoms with van der Waals surface area (Å²) in [5.74, 6) is 0.267. The van der Waals surface area contributed by atoms with E-state index in [1.807, 2.05) is 13.8 Å². The second kappa shape index (κ2) is 7.43. The van der Waals surface area contributed by atoms with Crippen LogP contribution >= 0.6 is 34.8 Å². The van der Waals surface area contributed by atoms with Gasteiger partial charge in [0.1, 0.15) is 5.75 Å². The molecule has 0 radical (unpaired) electrons. The van der Waals surface area contributed by atoms with Crippen molar-refractivity contribution >= 4 is 46.4 Å². The van der Waals surface area contributed by atoms with Gasteiger partial charge < -0.3 is 10.1 Å². The van der Waals surface area contributed by atoms with Gasteiger partial charge in [-0.1, -0.05) is 40.9 Å². The van der Waals surface area contributed by atoms with Gasteiger partial charge in [0.2, 0.25) is 0 Å². The van der Waals surface area contributed by atoms with E-state index in [1.165, 1.54) is 0 Å². The maximum absolute atomic E-state index is 12.3. The van der Waals surface area contributed by atoms with Crippen molar-refractivity contribution in [3.63, 3.8) is 0 Å². The molecule has 0 heterocycles. The number of hydrogen-bond donors (Lipinski definition) is 1. The van der Waals surface area contributed by atoms with E-state index in [1.54, 1.807) is 37.3 Å². The lowest BCUT2D eigenvalue weighted by Crippen LogP contribution is -2.30. The molecule has 1 N–H and O–H groups in total. The molecule has 1 unspecified atom stereocenters. The molecule has 0 saturated heterocycles. The normalized spacial score (nSPS) is 11.9. The predicted octanol–water partition coefficient (Wildman–Crippen LogP) is 5.67. The largest absolute Gasteiger partial charge is 0.481 e. The van der Waals surface area contributed by atoms with Crippen LogP contribution in [0.2, 0.25) is 15.1 Å². The third kappa shape index (κ3) is 4.31. The molecular formula is C17H16Cl3NO2. The van der Waals surface area contributed by atoms with Crippen molar-refractivity contribution in [3.05, 3.63) is 56.5 Å². The van der Waals surface area contributed by atoms with Crippen LogP contribution in [-0.2, 0) is 4.79 Å². The second-order valence-corrected chi connectivity index (χ2v) is 6.38. The average molecular weight is 373 g/mol. The lowest BCUT2D eigenvalue weighted by Gasteiger charge is -2.17. The highest BCUT2D eigenvalue weighted by atomic mass is 35.5. The lowest BCUT2D eigenvalue weighted by molar-refractivity contribution is -0.122. The molecule has 0 aliphatic rings. The Kier molecular flexibility index (Phi) is 5.79. The molecule has 2 aromatic rings. The van der Waals surface area contributed by atoms with Crippen LogP contribution in [0.15, 0.2) is 30.3 Å². The Morgan fingerprint density at radius 3 is 2.30 bits per heavy atom. The van der Waals surface area contributed by atoms with Gasteiger partial charge in [0.15, 0.2) is 6.10 Å². The van der Waals surface area contributed by atoms with Crippen LogP contribution < -0.4 is 10.1 Å². The molecule has 3 nitrogen and oxygen atoms in total. The summed E-state index contributed by atoms with van der Waals surface area (Å²) >= 11 is 18.1. The van der Waals surface area contributed by atoms with Crippen molar-refractivity contribution in [2.75, 3.05) is 5.32 Å². The van der Waals surface area contributed by atoms with Crippen LogP contribution in [0.3, 0.4) is 0 Å². The Balaban J connectivity index is 2.10. The summed E-state index contributed by atoms with van der Waals surface area (Å²) in [5.41, 5.74) is 2.24. The number of halogens is 3. The van der Waals surface area contributed by atoms with Crippen molar-refractivity contribution in [3.8, 4) is 5.75 Å². The van der Waals surface area contributed by atoms with Crippen LogP contribution in [0.1, 0.15) is 18.1 Å². The fraction of sp³-hybridized carbons (Fsp3) is 0.235. The number of anilines is 1. The Labute approximate surface area is 150 Å². The molecule has 1 atom stereocenters. The van der Waals surface area contributed by atoms with Gasteiger partial charge in [-0.2, -0.15) is 0 Å². The SMILES string of the molecule is Cc1cc(OC(C)C(=O)Nc2cccc(Cl)c2Cl)cc(C)c1Cl. The zero-order chi connectivity index (χ0) is 17.1. The average Bonchev–Trinajstić information content (AvgIpc) is 2.49. The van der Waals surface area contributed by atoms with Crippen molar-refractivity contribution in [2.24, 2.45) is 0 Å². The summed E-state index contributed by atoms with van der Waals surface area (Å²) in [4.78, 5) is 12.3. The van der Waals surface area contributed by atoms with Crippen LogP contribution in [0.25, 0.3) is 0 Å². The van der Waals surface area contributed by atoms with Gasteiger partial charge in [-0.25, -0.2) is 0 Å². The van der Waals surface area contributed by atoms with Gasteiger partial charge in [-0.15, -0.1) is 0 Å². The minimum atomic E-state index is -0.704. The van der Waals surface area contributed by atoms with E-state index in [0.717, 1.165) is 11.1 Å². The Bertz CT molecular complexity index is 724. The quantitative estimate of drug-likeness (QED) is 0.751. The second-order valence-electron chi connectivity index (χ2n) is 5.22. The summed E-state index contributed by atoms with van der Waals surface area (Å²) in [6.45, 7) is 5.43. The summed E-state index contributed by atoms with van der Waals surface area (Å²) in [7, 11) is 0. The number of nitrogens with one attached hydrogen (secondary N) is 1. The van der Waals surface area contributed by atoms with Crippen molar-refractivity contribution in [1.29, 1.82) is 0 Å². The minimum absolute atomic E-state index is 0.299. The van der Waals surface area contributed by atoms with Gasteiger partial charge in [-0.3, -0.25) is 4.79 Å². The summed E-state index contributed by atoms with van der Waals surface area (Å²) in [6.07, 6.45) is -0.704. The first-order valence-electron chi connectivity index (χ1n) is 6.98. The molecule has 0 aliphatic carbocycles. The minimum Gasteiger partial charge on any atom is -0.481 e. The molecule has 2 aromatic carbocycles. The Hall–Kier alpha value is -1.42. The first-order chi connectivity index (χ1) is 10.8. The monoisotopic (exact) mass is 371 g/mol. The fourth-order valence-electron chi connectivity index (χ4n) is 2.07. The van der Waals surface area contributed by atoms with E-state index in [0.29, 0.717) is 26.5 Å². The molecule has 0 saturated carbocycles. The Morgan fingerprint density at radius 2 is 1.70 bits per heavy atom. The lowest BCUT2D eigenvalue weighted by atomic mass is 10.1. The van der Waals surface area contributed by atoms with E-state index in [9.17, 15) is 4.79 Å². The van der Waals surface area contributed by atoms with Gasteiger partial charge in [0, 0.05) is 5.02 Å². The number of ether oxygens (including phenoxy) is 1. The first kappa shape index (κ1) is 17.9. The molecule has 6 heteroatoms. The van der Waals surface area contributed by atoms with Gasteiger partial charge in [0.05, 0.1) is 15.7 Å². The van der Waals surface area contributed by atoms with Crippen LogP contribution in [-0.4, -0.2) is 12.0 Å². The molecular weight excluding hydrogens is 357 g/mol. The number of aryl methyl sites for hydroxylation is 2. The maximum Gasteiger partial charge on any atom is 0.265 e. The highest BCUT2D eigenvalue weighted by Gasteiger charge is 2.17. The number of rotatable bonds is 4. The van der Waals surface area contributed by atoms with Crippen molar-refractivity contribution in [1.82, 2.24) is 0 Å². The Morgan fingerprint density at radius 1 is 1.09 bits per heavy atom. The van der Waals surface area contributed by atoms with E-state index in [4.69, 9.17) is 39.5 Å². The third-order valence-electron chi connectivity index (χ3n) is 3.30. The summed E-state index contributed by atoms with van der Waals surface area (Å²) in [5, 5.41) is 4.08. The zero-order valence-corrected chi connectivity index (χ0v) is 15.2. The number of carbonyl (C=O) groups is 1. The molecule has 1 amide bonds. The number of hydrogen-bond acceptors (Lipinski definition) is 2. The van der Waals surface area contributed by atoms with E-state index in [-0.39, 0.29) is 5.91 Å². The molecule has 23 heavy (non-hydrogen) atoms. The predicted molar refractivity (Wildman–Crippen MR) is 96.1 cm³/mol. The molecule has 0 aromatic heterocycles. The first-order valence-corrected chi connectivity index (χ1v) is 8.11. The van der Waals surface area contributed by atoms with Crippen molar-refractivity contribution < 1.29 is 9.53 Å². The molecule has 0 fully saturated rings. The molecule has 122 valence electrons. The number of amides is 1. The number of carbonyl (C=O) groups excluding carboxylic acids is 1. The molecule has 2 rings (SSSR count). The molecule has 0 bridgehead atoms. The van der Waals surface area contributed by atoms with Gasteiger partial charge in [-0.05, 0) is 56.2 Å². The van der Waals surface area contributed by atoms with Crippen LogP contribution in [0, 0.1) is 13.8 Å². The third-order valence-corrected chi connectivity index (χ3v) is 4.72. The number of benzene rings is 2. The molecule has 0 aliphatic heterocycles. The smallest absolute Gasteiger partial charge is 0.265 e. The summed E-state index contributed by atoms with van der Waals surface area (Å²) < 4.78 is 5.69. The summed E-state index contributed by atoms with van der Waals surface area (Å²) in [6, 6.07) is 8.63. The van der Waals surface area contributed by atoms with E-state index < -0.39 is 6.10 Å². The van der Waals surface area contributed by atoms with Gasteiger partial charge in [0.25, 0.3) is 5.91 Å². The highest BCUT2D eigenvalue weighted by Crippen LogP contribution is 2.30. The van der Waals surface area contributed by atoms with Crippen LogP contribution in [0.4, 0.5) is 5.69 Å². The maximum atomic E-state index is 12.3. The molecule has 0 spiro atoms. The zero-order valence-electron chi connectivity index (χ0n) is 12.9. The fourth-order valence-corrected chi connectivity index (χ4v) is 2.52. The van der Waals surface area contributed by atoms with E-state index in [2.05, 4.69) is 5.32 Å².